The summed E-state index contributed by atoms with van der Waals surface area (Å²) in [6.45, 7) is 1.62. The number of halogens is 1. The van der Waals surface area contributed by atoms with Crippen LogP contribution < -0.4 is 10.5 Å². The minimum absolute atomic E-state index is 0.162. The minimum atomic E-state index is -4.08. The van der Waals surface area contributed by atoms with Gasteiger partial charge in [0.1, 0.15) is 15.6 Å². The van der Waals surface area contributed by atoms with Crippen LogP contribution in [0.3, 0.4) is 0 Å². The topological polar surface area (TPSA) is 116 Å². The van der Waals surface area contributed by atoms with E-state index in [4.69, 9.17) is 9.88 Å². The van der Waals surface area contributed by atoms with Crippen molar-refractivity contribution in [2.45, 2.75) is 24.3 Å². The number of nitrogens with two attached hydrogens (primary N) is 1. The van der Waals surface area contributed by atoms with Gasteiger partial charge in [-0.25, -0.2) is 22.7 Å². The van der Waals surface area contributed by atoms with Crippen LogP contribution in [0.1, 0.15) is 23.0 Å². The van der Waals surface area contributed by atoms with Gasteiger partial charge < -0.3 is 10.1 Å². The van der Waals surface area contributed by atoms with Gasteiger partial charge in [0, 0.05) is 5.69 Å². The van der Waals surface area contributed by atoms with Crippen molar-refractivity contribution in [3.63, 3.8) is 0 Å². The molecule has 0 fully saturated rings. The van der Waals surface area contributed by atoms with Gasteiger partial charge in [0.25, 0.3) is 5.91 Å². The van der Waals surface area contributed by atoms with E-state index in [1.807, 2.05) is 0 Å². The number of anilines is 1. The average Bonchev–Trinajstić information content (AvgIpc) is 3.04. The van der Waals surface area contributed by atoms with Gasteiger partial charge in [-0.2, -0.15) is 0 Å². The summed E-state index contributed by atoms with van der Waals surface area (Å²) in [5.74, 6) is -2.03. The number of rotatable bonds is 6. The van der Waals surface area contributed by atoms with Crippen LogP contribution in [0.5, 0.6) is 0 Å². The first-order valence-electron chi connectivity index (χ1n) is 7.10. The number of ether oxygens (including phenoxy) is 1. The lowest BCUT2D eigenvalue weighted by Crippen LogP contribution is -2.32. The van der Waals surface area contributed by atoms with Crippen LogP contribution in [0.2, 0.25) is 0 Å². The lowest BCUT2D eigenvalue weighted by molar-refractivity contribution is -0.124. The van der Waals surface area contributed by atoms with Gasteiger partial charge in [-0.15, -0.1) is 11.3 Å². The van der Waals surface area contributed by atoms with Crippen LogP contribution in [-0.4, -0.2) is 26.4 Å². The third-order valence-corrected chi connectivity index (χ3v) is 5.12. The summed E-state index contributed by atoms with van der Waals surface area (Å²) < 4.78 is 40.9. The predicted molar refractivity (Wildman–Crippen MR) is 90.2 cm³/mol. The maximum Gasteiger partial charge on any atom is 0.350 e. The Morgan fingerprint density at radius 2 is 1.92 bits per heavy atom. The minimum Gasteiger partial charge on any atom is -0.448 e. The number of thiophene rings is 1. The van der Waals surface area contributed by atoms with E-state index < -0.39 is 33.8 Å². The molecule has 0 saturated carbocycles. The molecule has 1 heterocycles. The molecule has 1 unspecified atom stereocenters. The standard InChI is InChI=1S/C15H15FN2O5S2/c1-2-11(14(19)18-10-5-3-9(16)4-6-10)23-15(20)13-12(7-8-24-13)25(17,21)22/h3-8,11H,2H2,1H3,(H,18,19)(H2,17,21,22). The summed E-state index contributed by atoms with van der Waals surface area (Å²) in [5, 5.41) is 8.92. The smallest absolute Gasteiger partial charge is 0.350 e. The van der Waals surface area contributed by atoms with Crippen molar-refractivity contribution in [2.24, 2.45) is 5.14 Å². The molecule has 1 atom stereocenters. The van der Waals surface area contributed by atoms with Gasteiger partial charge in [-0.05, 0) is 42.1 Å². The molecule has 0 radical (unpaired) electrons. The first kappa shape index (κ1) is 19.0. The molecule has 134 valence electrons. The number of carbonyl (C=O) groups excluding carboxylic acids is 2. The van der Waals surface area contributed by atoms with E-state index in [2.05, 4.69) is 5.32 Å². The van der Waals surface area contributed by atoms with E-state index in [0.717, 1.165) is 11.3 Å². The number of sulfonamides is 1. The number of carbonyl (C=O) groups is 2. The highest BCUT2D eigenvalue weighted by Crippen LogP contribution is 2.22. The van der Waals surface area contributed by atoms with Crippen LogP contribution in [0, 0.1) is 5.82 Å². The molecule has 10 heteroatoms. The maximum atomic E-state index is 12.9. The predicted octanol–water partition coefficient (Wildman–Crippen LogP) is 2.11. The fraction of sp³-hybridized carbons (Fsp3) is 0.200. The number of benzene rings is 1. The molecule has 0 aliphatic rings. The van der Waals surface area contributed by atoms with E-state index >= 15 is 0 Å². The zero-order valence-corrected chi connectivity index (χ0v) is 14.7. The first-order chi connectivity index (χ1) is 11.7. The highest BCUT2D eigenvalue weighted by atomic mass is 32.2. The first-order valence-corrected chi connectivity index (χ1v) is 9.52. The van der Waals surface area contributed by atoms with E-state index in [1.54, 1.807) is 6.92 Å². The van der Waals surface area contributed by atoms with E-state index in [-0.39, 0.29) is 16.2 Å². The molecular weight excluding hydrogens is 371 g/mol. The highest BCUT2D eigenvalue weighted by molar-refractivity contribution is 7.89. The lowest BCUT2D eigenvalue weighted by Gasteiger charge is -2.16. The van der Waals surface area contributed by atoms with E-state index in [0.29, 0.717) is 5.69 Å². The molecule has 3 N–H and O–H groups in total. The Balaban J connectivity index is 2.11. The molecule has 0 saturated heterocycles. The Labute approximate surface area is 147 Å². The lowest BCUT2D eigenvalue weighted by atomic mass is 10.2. The molecule has 0 aliphatic carbocycles. The molecule has 1 aromatic heterocycles. The summed E-state index contributed by atoms with van der Waals surface area (Å²) in [5.41, 5.74) is 0.335. The molecule has 2 rings (SSSR count). The van der Waals surface area contributed by atoms with E-state index in [1.165, 1.54) is 35.7 Å². The van der Waals surface area contributed by atoms with Crippen molar-refractivity contribution >= 4 is 38.9 Å². The SMILES string of the molecule is CCC(OC(=O)c1sccc1S(N)(=O)=O)C(=O)Nc1ccc(F)cc1. The second-order valence-corrected chi connectivity index (χ2v) is 7.40. The second-order valence-electron chi connectivity index (χ2n) is 4.96. The van der Waals surface area contributed by atoms with Gasteiger partial charge in [-0.3, -0.25) is 4.79 Å². The van der Waals surface area contributed by atoms with Crippen molar-refractivity contribution in [1.29, 1.82) is 0 Å². The van der Waals surface area contributed by atoms with Gasteiger partial charge >= 0.3 is 5.97 Å². The molecule has 1 amide bonds. The Morgan fingerprint density at radius 3 is 2.48 bits per heavy atom. The third-order valence-electron chi connectivity index (χ3n) is 3.15. The van der Waals surface area contributed by atoms with Crippen molar-refractivity contribution in [3.8, 4) is 0 Å². The molecule has 25 heavy (non-hydrogen) atoms. The Hall–Kier alpha value is -2.30. The van der Waals surface area contributed by atoms with Crippen LogP contribution in [0.25, 0.3) is 0 Å². The van der Waals surface area contributed by atoms with Crippen molar-refractivity contribution < 1.29 is 27.1 Å². The summed E-state index contributed by atoms with van der Waals surface area (Å²) >= 11 is 0.847. The second kappa shape index (κ2) is 7.72. The maximum absolute atomic E-state index is 12.9. The zero-order chi connectivity index (χ0) is 18.6. The van der Waals surface area contributed by atoms with Crippen LogP contribution >= 0.6 is 11.3 Å². The normalized spacial score (nSPS) is 12.4. The summed E-state index contributed by atoms with van der Waals surface area (Å²) in [6, 6.07) is 6.26. The molecule has 0 aliphatic heterocycles. The summed E-state index contributed by atoms with van der Waals surface area (Å²) in [4.78, 5) is 23.8. The average molecular weight is 386 g/mol. The van der Waals surface area contributed by atoms with Crippen LogP contribution in [-0.2, 0) is 19.6 Å². The van der Waals surface area contributed by atoms with Crippen LogP contribution in [0.15, 0.2) is 40.6 Å². The third kappa shape index (κ3) is 4.84. The van der Waals surface area contributed by atoms with Gasteiger partial charge in [0.2, 0.25) is 10.0 Å². The number of amides is 1. The quantitative estimate of drug-likeness (QED) is 0.738. The number of hydrogen-bond donors (Lipinski definition) is 2. The Bertz CT molecular complexity index is 878. The Kier molecular flexibility index (Phi) is 5.88. The molecule has 2 aromatic rings. The summed E-state index contributed by atoms with van der Waals surface area (Å²) in [6.07, 6.45) is -0.984. The zero-order valence-electron chi connectivity index (χ0n) is 13.1. The highest BCUT2D eigenvalue weighted by Gasteiger charge is 2.27. The monoisotopic (exact) mass is 386 g/mol. The number of nitrogens with one attached hydrogen (secondary N) is 1. The van der Waals surface area contributed by atoms with Gasteiger partial charge in [0.05, 0.1) is 0 Å². The van der Waals surface area contributed by atoms with Crippen molar-refractivity contribution in [3.05, 3.63) is 46.4 Å². The largest absolute Gasteiger partial charge is 0.448 e. The number of esters is 1. The molecule has 7 nitrogen and oxygen atoms in total. The van der Waals surface area contributed by atoms with Crippen LogP contribution in [0.4, 0.5) is 10.1 Å². The number of primary sulfonamides is 1. The molecular formula is C15H15FN2O5S2. The molecule has 1 aromatic carbocycles. The number of hydrogen-bond acceptors (Lipinski definition) is 6. The molecule has 0 bridgehead atoms. The van der Waals surface area contributed by atoms with Gasteiger partial charge in [-0.1, -0.05) is 6.92 Å². The summed E-state index contributed by atoms with van der Waals surface area (Å²) in [7, 11) is -4.08. The fourth-order valence-corrected chi connectivity index (χ4v) is 3.78. The van der Waals surface area contributed by atoms with E-state index in [9.17, 15) is 22.4 Å². The van der Waals surface area contributed by atoms with Crippen molar-refractivity contribution in [1.82, 2.24) is 0 Å². The van der Waals surface area contributed by atoms with Crippen molar-refractivity contribution in [2.75, 3.05) is 5.32 Å². The Morgan fingerprint density at radius 1 is 1.28 bits per heavy atom. The molecule has 0 spiro atoms. The van der Waals surface area contributed by atoms with Gasteiger partial charge in [0.15, 0.2) is 6.10 Å². The fourth-order valence-electron chi connectivity index (χ4n) is 1.93.